The second-order valence-corrected chi connectivity index (χ2v) is 5.52. The van der Waals surface area contributed by atoms with Crippen molar-refractivity contribution in [3.8, 4) is 5.88 Å². The molecule has 0 unspecified atom stereocenters. The van der Waals surface area contributed by atoms with Crippen LogP contribution in [0.5, 0.6) is 5.88 Å². The van der Waals surface area contributed by atoms with Gasteiger partial charge in [0.15, 0.2) is 0 Å². The predicted molar refractivity (Wildman–Crippen MR) is 95.0 cm³/mol. The van der Waals surface area contributed by atoms with Crippen LogP contribution in [-0.2, 0) is 0 Å². The number of nitrogens with zero attached hydrogens (tertiary/aromatic N) is 2. The van der Waals surface area contributed by atoms with Gasteiger partial charge in [-0.05, 0) is 30.4 Å². The minimum absolute atomic E-state index is 0.131. The van der Waals surface area contributed by atoms with Crippen LogP contribution < -0.4 is 15.9 Å². The Kier molecular flexibility index (Phi) is 3.63. The van der Waals surface area contributed by atoms with Gasteiger partial charge in [-0.3, -0.25) is 4.79 Å². The summed E-state index contributed by atoms with van der Waals surface area (Å²) in [7, 11) is 0. The Hall–Kier alpha value is -3.67. The standard InChI is InChI=1S/C19H14N4O2/c24-16-8-4-5-12-9-10-14(20-17(12)16)11-15-18(25)23-19(22-15)21-13-6-2-1-3-7-13/h1-11,25H,(H2,21,22,23)/b14-11-. The van der Waals surface area contributed by atoms with Crippen LogP contribution in [0.25, 0.3) is 12.2 Å². The van der Waals surface area contributed by atoms with Crippen LogP contribution in [0.2, 0.25) is 0 Å². The summed E-state index contributed by atoms with van der Waals surface area (Å²) in [6.07, 6.45) is 6.67. The molecule has 2 heterocycles. The maximum Gasteiger partial charge on any atom is 0.238 e. The lowest BCUT2D eigenvalue weighted by Crippen LogP contribution is -2.24. The Labute approximate surface area is 142 Å². The molecule has 0 spiro atoms. The summed E-state index contributed by atoms with van der Waals surface area (Å²) >= 11 is 0. The number of imidazole rings is 1. The van der Waals surface area contributed by atoms with E-state index in [1.165, 1.54) is 6.08 Å². The van der Waals surface area contributed by atoms with Crippen molar-refractivity contribution in [2.24, 2.45) is 0 Å². The number of hydrogen-bond acceptors (Lipinski definition) is 5. The van der Waals surface area contributed by atoms with Crippen molar-refractivity contribution in [1.29, 1.82) is 0 Å². The van der Waals surface area contributed by atoms with Gasteiger partial charge in [0, 0.05) is 10.9 Å². The fraction of sp³-hybridized carbons (Fsp3) is 0. The molecule has 0 bridgehead atoms. The Morgan fingerprint density at radius 2 is 1.92 bits per heavy atom. The zero-order chi connectivity index (χ0) is 17.2. The molecule has 0 atom stereocenters. The minimum Gasteiger partial charge on any atom is -0.492 e. The van der Waals surface area contributed by atoms with E-state index in [9.17, 15) is 9.90 Å². The van der Waals surface area contributed by atoms with E-state index in [1.807, 2.05) is 42.5 Å². The number of hydrogen-bond donors (Lipinski definition) is 3. The Morgan fingerprint density at radius 3 is 2.76 bits per heavy atom. The highest BCUT2D eigenvalue weighted by molar-refractivity contribution is 6.05. The number of allylic oxidation sites excluding steroid dienone is 2. The number of aromatic amines is 1. The molecular formula is C19H14N4O2. The van der Waals surface area contributed by atoms with E-state index in [0.717, 1.165) is 10.9 Å². The van der Waals surface area contributed by atoms with Crippen molar-refractivity contribution >= 4 is 29.6 Å². The number of anilines is 2. The summed E-state index contributed by atoms with van der Waals surface area (Å²) in [6, 6.07) is 13.1. The molecule has 0 saturated carbocycles. The maximum absolute atomic E-state index is 11.9. The maximum atomic E-state index is 11.9. The average molecular weight is 330 g/mol. The molecule has 0 saturated heterocycles. The van der Waals surface area contributed by atoms with Crippen LogP contribution in [-0.4, -0.2) is 25.8 Å². The quantitative estimate of drug-likeness (QED) is 0.679. The zero-order valence-electron chi connectivity index (χ0n) is 13.1. The van der Waals surface area contributed by atoms with Crippen LogP contribution in [0.1, 0.15) is 16.2 Å². The number of pyridine rings is 1. The second-order valence-electron chi connectivity index (χ2n) is 5.52. The molecule has 25 heavy (non-hydrogen) atoms. The molecule has 6 nitrogen and oxygen atoms in total. The molecule has 4 rings (SSSR count). The van der Waals surface area contributed by atoms with Crippen molar-refractivity contribution in [3.05, 3.63) is 76.6 Å². The summed E-state index contributed by atoms with van der Waals surface area (Å²) in [4.78, 5) is 23.3. The molecule has 1 aromatic carbocycles. The molecule has 0 radical (unpaired) electrons. The van der Waals surface area contributed by atoms with Crippen LogP contribution >= 0.6 is 0 Å². The molecule has 3 aromatic rings. The Balaban J connectivity index is 1.68. The third-order valence-corrected chi connectivity index (χ3v) is 3.75. The third kappa shape index (κ3) is 3.05. The lowest BCUT2D eigenvalue weighted by atomic mass is 10.1. The smallest absolute Gasteiger partial charge is 0.238 e. The minimum atomic E-state index is -0.143. The van der Waals surface area contributed by atoms with Gasteiger partial charge in [0.1, 0.15) is 11.4 Å². The molecule has 0 amide bonds. The Morgan fingerprint density at radius 1 is 1.08 bits per heavy atom. The molecule has 2 aromatic heterocycles. The first kappa shape index (κ1) is 14.9. The largest absolute Gasteiger partial charge is 0.492 e. The SMILES string of the molecule is O=C1C=CC=c2cc/c(=C/c3[nH]c(Nc4ccccc4)nc3O)nc21. The van der Waals surface area contributed by atoms with Gasteiger partial charge >= 0.3 is 0 Å². The van der Waals surface area contributed by atoms with Crippen LogP contribution in [0, 0.1) is 0 Å². The van der Waals surface area contributed by atoms with E-state index in [0.29, 0.717) is 22.7 Å². The number of carbonyl (C=O) groups excluding carboxylic acids is 1. The highest BCUT2D eigenvalue weighted by Gasteiger charge is 2.10. The normalized spacial score (nSPS) is 13.4. The molecule has 1 aliphatic rings. The summed E-state index contributed by atoms with van der Waals surface area (Å²) in [5.41, 5.74) is 1.66. The number of aromatic nitrogens is 3. The topological polar surface area (TPSA) is 90.9 Å². The van der Waals surface area contributed by atoms with Crippen molar-refractivity contribution in [2.75, 3.05) is 5.32 Å². The number of benzene rings is 1. The van der Waals surface area contributed by atoms with E-state index in [1.54, 1.807) is 18.2 Å². The molecule has 0 fully saturated rings. The lowest BCUT2D eigenvalue weighted by Gasteiger charge is -2.01. The molecule has 3 N–H and O–H groups in total. The summed E-state index contributed by atoms with van der Waals surface area (Å²) in [6.45, 7) is 0. The number of para-hydroxylation sites is 1. The second kappa shape index (κ2) is 6.09. The van der Waals surface area contributed by atoms with Crippen LogP contribution in [0.3, 0.4) is 0 Å². The van der Waals surface area contributed by atoms with Gasteiger partial charge in [-0.15, -0.1) is 0 Å². The number of fused-ring (bicyclic) bond motifs is 1. The van der Waals surface area contributed by atoms with Gasteiger partial charge in [0.25, 0.3) is 0 Å². The molecule has 0 aliphatic heterocycles. The van der Waals surface area contributed by atoms with Gasteiger partial charge < -0.3 is 15.4 Å². The molecule has 122 valence electrons. The zero-order valence-corrected chi connectivity index (χ0v) is 13.1. The van der Waals surface area contributed by atoms with E-state index < -0.39 is 0 Å². The highest BCUT2D eigenvalue weighted by Crippen LogP contribution is 2.20. The summed E-state index contributed by atoms with van der Waals surface area (Å²) in [5.74, 6) is 0.143. The van der Waals surface area contributed by atoms with Crippen molar-refractivity contribution < 1.29 is 9.90 Å². The van der Waals surface area contributed by atoms with Crippen LogP contribution in [0.4, 0.5) is 11.6 Å². The van der Waals surface area contributed by atoms with E-state index in [-0.39, 0.29) is 11.7 Å². The number of H-pyrrole nitrogens is 1. The van der Waals surface area contributed by atoms with Crippen LogP contribution in [0.15, 0.2) is 54.6 Å². The summed E-state index contributed by atoms with van der Waals surface area (Å²) in [5, 5.41) is 14.4. The number of aromatic hydroxyl groups is 1. The van der Waals surface area contributed by atoms with Gasteiger partial charge in [-0.1, -0.05) is 36.4 Å². The number of ketones is 1. The first-order chi connectivity index (χ1) is 12.2. The van der Waals surface area contributed by atoms with Gasteiger partial charge in [-0.2, -0.15) is 4.98 Å². The van der Waals surface area contributed by atoms with Gasteiger partial charge in [0.05, 0.1) is 5.35 Å². The van der Waals surface area contributed by atoms with Gasteiger partial charge in [-0.25, -0.2) is 4.98 Å². The Bertz CT molecular complexity index is 1100. The predicted octanol–water partition coefficient (Wildman–Crippen LogP) is 1.62. The van der Waals surface area contributed by atoms with Crippen molar-refractivity contribution in [3.63, 3.8) is 0 Å². The van der Waals surface area contributed by atoms with Crippen molar-refractivity contribution in [2.45, 2.75) is 0 Å². The van der Waals surface area contributed by atoms with E-state index in [2.05, 4.69) is 20.3 Å². The monoisotopic (exact) mass is 330 g/mol. The first-order valence-electron chi connectivity index (χ1n) is 7.71. The van der Waals surface area contributed by atoms with E-state index >= 15 is 0 Å². The summed E-state index contributed by atoms with van der Waals surface area (Å²) < 4.78 is 0. The van der Waals surface area contributed by atoms with Crippen molar-refractivity contribution in [1.82, 2.24) is 15.0 Å². The fourth-order valence-electron chi connectivity index (χ4n) is 2.56. The average Bonchev–Trinajstić information content (AvgIpc) is 2.96. The van der Waals surface area contributed by atoms with E-state index in [4.69, 9.17) is 0 Å². The molecule has 1 aliphatic carbocycles. The lowest BCUT2D eigenvalue weighted by molar-refractivity contribution is 0.104. The molecule has 6 heteroatoms. The highest BCUT2D eigenvalue weighted by atomic mass is 16.3. The third-order valence-electron chi connectivity index (χ3n) is 3.75. The fourth-order valence-corrected chi connectivity index (χ4v) is 2.56. The molecular weight excluding hydrogens is 316 g/mol. The number of rotatable bonds is 3. The number of nitrogens with one attached hydrogen (secondary N) is 2. The first-order valence-corrected chi connectivity index (χ1v) is 7.71. The number of carbonyl (C=O) groups is 1. The van der Waals surface area contributed by atoms with Gasteiger partial charge in [0.2, 0.25) is 17.6 Å².